The van der Waals surface area contributed by atoms with E-state index < -0.39 is 0 Å². The van der Waals surface area contributed by atoms with Gasteiger partial charge in [-0.05, 0) is 53.9 Å². The van der Waals surface area contributed by atoms with Crippen LogP contribution in [-0.2, 0) is 17.7 Å². The van der Waals surface area contributed by atoms with Crippen molar-refractivity contribution >= 4 is 27.8 Å². The summed E-state index contributed by atoms with van der Waals surface area (Å²) in [4.78, 5) is 26.0. The van der Waals surface area contributed by atoms with Crippen LogP contribution in [0.25, 0.3) is 0 Å². The van der Waals surface area contributed by atoms with E-state index >= 15 is 0 Å². The molecule has 1 aliphatic heterocycles. The van der Waals surface area contributed by atoms with Crippen molar-refractivity contribution in [2.75, 3.05) is 13.7 Å². The lowest BCUT2D eigenvalue weighted by atomic mass is 9.96. The number of carbonyl (C=O) groups excluding carboxylic acids is 2. The molecule has 118 valence electrons. The predicted octanol–water partition coefficient (Wildman–Crippen LogP) is 3.43. The van der Waals surface area contributed by atoms with Gasteiger partial charge in [-0.15, -0.1) is 0 Å². The molecule has 0 unspecified atom stereocenters. The standard InChI is InChI=1S/C18H16BrNO3/c1-23-18(22)14-2-3-15-11-20(9-8-13(15)10-14)17(21)12-4-6-16(19)7-5-12/h2-7,10H,8-9,11H2,1H3. The van der Waals surface area contributed by atoms with Gasteiger partial charge < -0.3 is 9.64 Å². The van der Waals surface area contributed by atoms with Crippen molar-refractivity contribution in [3.05, 3.63) is 69.2 Å². The molecular weight excluding hydrogens is 358 g/mol. The normalized spacial score (nSPS) is 13.4. The van der Waals surface area contributed by atoms with Crippen LogP contribution in [0.15, 0.2) is 46.9 Å². The number of esters is 1. The predicted molar refractivity (Wildman–Crippen MR) is 90.4 cm³/mol. The van der Waals surface area contributed by atoms with Crippen molar-refractivity contribution in [3.63, 3.8) is 0 Å². The minimum Gasteiger partial charge on any atom is -0.465 e. The largest absolute Gasteiger partial charge is 0.465 e. The molecule has 3 rings (SSSR count). The fourth-order valence-electron chi connectivity index (χ4n) is 2.75. The van der Waals surface area contributed by atoms with Crippen molar-refractivity contribution in [2.45, 2.75) is 13.0 Å². The molecule has 1 aliphatic rings. The van der Waals surface area contributed by atoms with Crippen LogP contribution in [0.4, 0.5) is 0 Å². The summed E-state index contributed by atoms with van der Waals surface area (Å²) in [5, 5.41) is 0. The Balaban J connectivity index is 1.79. The van der Waals surface area contributed by atoms with Crippen LogP contribution in [0, 0.1) is 0 Å². The zero-order chi connectivity index (χ0) is 16.4. The first-order chi connectivity index (χ1) is 11.1. The third-order valence-corrected chi connectivity index (χ3v) is 4.55. The number of rotatable bonds is 2. The highest BCUT2D eigenvalue weighted by Gasteiger charge is 2.22. The topological polar surface area (TPSA) is 46.6 Å². The summed E-state index contributed by atoms with van der Waals surface area (Å²) in [5.74, 6) is -0.304. The van der Waals surface area contributed by atoms with E-state index in [-0.39, 0.29) is 11.9 Å². The summed E-state index contributed by atoms with van der Waals surface area (Å²) < 4.78 is 5.70. The van der Waals surface area contributed by atoms with Gasteiger partial charge in [-0.1, -0.05) is 22.0 Å². The summed E-state index contributed by atoms with van der Waals surface area (Å²) in [5.41, 5.74) is 3.42. The molecule has 1 amide bonds. The second-order valence-electron chi connectivity index (χ2n) is 5.46. The smallest absolute Gasteiger partial charge is 0.337 e. The Morgan fingerprint density at radius 2 is 1.74 bits per heavy atom. The number of nitrogens with zero attached hydrogens (tertiary/aromatic N) is 1. The quantitative estimate of drug-likeness (QED) is 0.757. The zero-order valence-electron chi connectivity index (χ0n) is 12.7. The Bertz CT molecular complexity index is 755. The van der Waals surface area contributed by atoms with Crippen LogP contribution >= 0.6 is 15.9 Å². The number of benzene rings is 2. The van der Waals surface area contributed by atoms with E-state index in [1.165, 1.54) is 7.11 Å². The van der Waals surface area contributed by atoms with Gasteiger partial charge in [-0.2, -0.15) is 0 Å². The second-order valence-corrected chi connectivity index (χ2v) is 6.37. The number of methoxy groups -OCH3 is 1. The maximum atomic E-state index is 12.6. The minimum absolute atomic E-state index is 0.0280. The van der Waals surface area contributed by atoms with Gasteiger partial charge in [0, 0.05) is 23.1 Å². The monoisotopic (exact) mass is 373 g/mol. The molecule has 1 heterocycles. The van der Waals surface area contributed by atoms with Crippen LogP contribution in [-0.4, -0.2) is 30.4 Å². The van der Waals surface area contributed by atoms with Crippen LogP contribution in [0.1, 0.15) is 31.8 Å². The first-order valence-electron chi connectivity index (χ1n) is 7.33. The number of ether oxygens (including phenoxy) is 1. The van der Waals surface area contributed by atoms with Crippen molar-refractivity contribution < 1.29 is 14.3 Å². The summed E-state index contributed by atoms with van der Waals surface area (Å²) in [7, 11) is 1.38. The molecule has 0 fully saturated rings. The molecule has 0 aliphatic carbocycles. The van der Waals surface area contributed by atoms with Gasteiger partial charge in [-0.25, -0.2) is 4.79 Å². The van der Waals surface area contributed by atoms with Gasteiger partial charge in [0.1, 0.15) is 0 Å². The molecular formula is C18H16BrNO3. The lowest BCUT2D eigenvalue weighted by Crippen LogP contribution is -2.36. The third kappa shape index (κ3) is 3.29. The molecule has 0 bridgehead atoms. The highest BCUT2D eigenvalue weighted by atomic mass is 79.9. The highest BCUT2D eigenvalue weighted by molar-refractivity contribution is 9.10. The molecule has 4 nitrogen and oxygen atoms in total. The van der Waals surface area contributed by atoms with E-state index in [4.69, 9.17) is 4.74 Å². The number of amides is 1. The fraction of sp³-hybridized carbons (Fsp3) is 0.222. The average Bonchev–Trinajstić information content (AvgIpc) is 2.60. The Morgan fingerprint density at radius 3 is 2.43 bits per heavy atom. The van der Waals surface area contributed by atoms with Crippen molar-refractivity contribution in [1.29, 1.82) is 0 Å². The van der Waals surface area contributed by atoms with Crippen molar-refractivity contribution in [1.82, 2.24) is 4.90 Å². The molecule has 5 heteroatoms. The first kappa shape index (κ1) is 15.7. The van der Waals surface area contributed by atoms with Gasteiger partial charge >= 0.3 is 5.97 Å². The van der Waals surface area contributed by atoms with Crippen molar-refractivity contribution in [3.8, 4) is 0 Å². The molecule has 2 aromatic rings. The van der Waals surface area contributed by atoms with Gasteiger partial charge in [0.15, 0.2) is 0 Å². The fourth-order valence-corrected chi connectivity index (χ4v) is 3.01. The molecule has 0 saturated carbocycles. The Morgan fingerprint density at radius 1 is 1.04 bits per heavy atom. The Hall–Kier alpha value is -2.14. The number of hydrogen-bond donors (Lipinski definition) is 0. The van der Waals surface area contributed by atoms with E-state index in [1.807, 2.05) is 41.3 Å². The Labute approximate surface area is 143 Å². The summed E-state index contributed by atoms with van der Waals surface area (Å²) in [6.07, 6.45) is 0.739. The molecule has 0 radical (unpaired) electrons. The molecule has 23 heavy (non-hydrogen) atoms. The highest BCUT2D eigenvalue weighted by Crippen LogP contribution is 2.22. The minimum atomic E-state index is -0.332. The molecule has 0 atom stereocenters. The van der Waals surface area contributed by atoms with Gasteiger partial charge in [0.25, 0.3) is 5.91 Å². The Kier molecular flexibility index (Phi) is 4.48. The van der Waals surface area contributed by atoms with E-state index in [2.05, 4.69) is 15.9 Å². The summed E-state index contributed by atoms with van der Waals surface area (Å²) in [6, 6.07) is 12.9. The van der Waals surface area contributed by atoms with Gasteiger partial charge in [-0.3, -0.25) is 4.79 Å². The van der Waals surface area contributed by atoms with E-state index in [0.717, 1.165) is 22.0 Å². The van der Waals surface area contributed by atoms with Gasteiger partial charge in [0.2, 0.25) is 0 Å². The van der Waals surface area contributed by atoms with Crippen LogP contribution in [0.5, 0.6) is 0 Å². The molecule has 0 spiro atoms. The zero-order valence-corrected chi connectivity index (χ0v) is 14.3. The van der Waals surface area contributed by atoms with Gasteiger partial charge in [0.05, 0.1) is 12.7 Å². The first-order valence-corrected chi connectivity index (χ1v) is 8.13. The summed E-state index contributed by atoms with van der Waals surface area (Å²) in [6.45, 7) is 1.21. The molecule has 0 aromatic heterocycles. The van der Waals surface area contributed by atoms with E-state index in [0.29, 0.717) is 24.2 Å². The number of hydrogen-bond acceptors (Lipinski definition) is 3. The van der Waals surface area contributed by atoms with Crippen LogP contribution in [0.2, 0.25) is 0 Å². The maximum absolute atomic E-state index is 12.6. The maximum Gasteiger partial charge on any atom is 0.337 e. The van der Waals surface area contributed by atoms with Crippen LogP contribution < -0.4 is 0 Å². The average molecular weight is 374 g/mol. The summed E-state index contributed by atoms with van der Waals surface area (Å²) >= 11 is 3.37. The molecule has 0 saturated heterocycles. The van der Waals surface area contributed by atoms with Crippen molar-refractivity contribution in [2.24, 2.45) is 0 Å². The lowest BCUT2D eigenvalue weighted by molar-refractivity contribution is 0.0599. The van der Waals surface area contributed by atoms with E-state index in [1.54, 1.807) is 6.07 Å². The SMILES string of the molecule is COC(=O)c1ccc2c(c1)CCN(C(=O)c1ccc(Br)cc1)C2. The third-order valence-electron chi connectivity index (χ3n) is 4.02. The number of halogens is 1. The second kappa shape index (κ2) is 6.54. The van der Waals surface area contributed by atoms with E-state index in [9.17, 15) is 9.59 Å². The molecule has 0 N–H and O–H groups in total. The lowest BCUT2D eigenvalue weighted by Gasteiger charge is -2.29. The number of carbonyl (C=O) groups is 2. The van der Waals surface area contributed by atoms with Crippen LogP contribution in [0.3, 0.4) is 0 Å². The number of fused-ring (bicyclic) bond motifs is 1. The molecule has 2 aromatic carbocycles.